The van der Waals surface area contributed by atoms with Crippen molar-refractivity contribution in [3.8, 4) is 0 Å². The first-order valence-electron chi connectivity index (χ1n) is 6.75. The van der Waals surface area contributed by atoms with Crippen molar-refractivity contribution in [2.24, 2.45) is 0 Å². The molecule has 0 aromatic rings. The van der Waals surface area contributed by atoms with E-state index in [-0.39, 0.29) is 18.3 Å². The molecule has 1 aliphatic rings. The third-order valence-corrected chi connectivity index (χ3v) is 3.85. The van der Waals surface area contributed by atoms with E-state index in [9.17, 15) is 0 Å². The molecule has 1 rings (SSSR count). The standard InChI is InChI=1S/C13H27BO2/c1-6-7-8-9-10-11-14-15-12(2,3)13(4,5)16-14/h6-11H2,1-5H3. The van der Waals surface area contributed by atoms with Crippen LogP contribution in [-0.4, -0.2) is 18.3 Å². The molecular formula is C13H27BO2. The van der Waals surface area contributed by atoms with Crippen molar-refractivity contribution in [3.63, 3.8) is 0 Å². The number of rotatable bonds is 6. The summed E-state index contributed by atoms with van der Waals surface area (Å²) in [5, 5.41) is 0. The topological polar surface area (TPSA) is 18.5 Å². The highest BCUT2D eigenvalue weighted by Crippen LogP contribution is 2.38. The summed E-state index contributed by atoms with van der Waals surface area (Å²) in [6.45, 7) is 10.7. The maximum Gasteiger partial charge on any atom is 0.457 e. The lowest BCUT2D eigenvalue weighted by Gasteiger charge is -2.32. The highest BCUT2D eigenvalue weighted by molar-refractivity contribution is 6.45. The van der Waals surface area contributed by atoms with Crippen LogP contribution in [0.4, 0.5) is 0 Å². The van der Waals surface area contributed by atoms with E-state index >= 15 is 0 Å². The lowest BCUT2D eigenvalue weighted by Crippen LogP contribution is -2.41. The van der Waals surface area contributed by atoms with Gasteiger partial charge in [0.1, 0.15) is 0 Å². The third-order valence-electron chi connectivity index (χ3n) is 3.85. The number of hydrogen-bond donors (Lipinski definition) is 0. The minimum absolute atomic E-state index is 0.00614. The fourth-order valence-electron chi connectivity index (χ4n) is 2.00. The van der Waals surface area contributed by atoms with Crippen LogP contribution < -0.4 is 0 Å². The van der Waals surface area contributed by atoms with E-state index in [2.05, 4.69) is 34.6 Å². The summed E-state index contributed by atoms with van der Waals surface area (Å²) >= 11 is 0. The van der Waals surface area contributed by atoms with Crippen LogP contribution in [-0.2, 0) is 9.31 Å². The second-order valence-corrected chi connectivity index (χ2v) is 5.89. The van der Waals surface area contributed by atoms with Gasteiger partial charge in [-0.05, 0) is 34.0 Å². The van der Waals surface area contributed by atoms with Crippen molar-refractivity contribution in [2.45, 2.75) is 84.2 Å². The van der Waals surface area contributed by atoms with E-state index in [1.807, 2.05) is 0 Å². The van der Waals surface area contributed by atoms with Gasteiger partial charge in [0, 0.05) is 0 Å². The molecular weight excluding hydrogens is 199 g/mol. The van der Waals surface area contributed by atoms with Gasteiger partial charge in [-0.3, -0.25) is 0 Å². The fourth-order valence-corrected chi connectivity index (χ4v) is 2.00. The number of unbranched alkanes of at least 4 members (excludes halogenated alkanes) is 4. The Balaban J connectivity index is 2.21. The lowest BCUT2D eigenvalue weighted by atomic mass is 9.82. The van der Waals surface area contributed by atoms with Crippen LogP contribution in [0.3, 0.4) is 0 Å². The Bertz CT molecular complexity index is 198. The number of hydrogen-bond acceptors (Lipinski definition) is 2. The minimum Gasteiger partial charge on any atom is -0.403 e. The van der Waals surface area contributed by atoms with Gasteiger partial charge < -0.3 is 9.31 Å². The molecule has 16 heavy (non-hydrogen) atoms. The quantitative estimate of drug-likeness (QED) is 0.502. The molecule has 0 aromatic carbocycles. The van der Waals surface area contributed by atoms with Gasteiger partial charge >= 0.3 is 7.12 Å². The maximum atomic E-state index is 5.95. The summed E-state index contributed by atoms with van der Waals surface area (Å²) < 4.78 is 11.9. The summed E-state index contributed by atoms with van der Waals surface area (Å²) in [6.07, 6.45) is 7.56. The van der Waals surface area contributed by atoms with Gasteiger partial charge in [0.2, 0.25) is 0 Å². The first-order valence-corrected chi connectivity index (χ1v) is 6.75. The van der Waals surface area contributed by atoms with Gasteiger partial charge in [0.25, 0.3) is 0 Å². The van der Waals surface area contributed by atoms with Crippen LogP contribution in [0.25, 0.3) is 0 Å². The van der Waals surface area contributed by atoms with Gasteiger partial charge in [0.05, 0.1) is 11.2 Å². The Labute approximate surface area is 101 Å². The summed E-state index contributed by atoms with van der Waals surface area (Å²) in [5.41, 5.74) is -0.331. The smallest absolute Gasteiger partial charge is 0.403 e. The molecule has 0 aliphatic carbocycles. The van der Waals surface area contributed by atoms with Gasteiger partial charge in [-0.2, -0.15) is 0 Å². The second kappa shape index (κ2) is 5.55. The molecule has 1 aliphatic heterocycles. The molecule has 0 aromatic heterocycles. The molecule has 0 N–H and O–H groups in total. The molecule has 0 radical (unpaired) electrons. The van der Waals surface area contributed by atoms with E-state index in [1.54, 1.807) is 0 Å². The maximum absolute atomic E-state index is 5.95. The predicted molar refractivity (Wildman–Crippen MR) is 69.6 cm³/mol. The molecule has 3 heteroatoms. The highest BCUT2D eigenvalue weighted by Gasteiger charge is 2.50. The highest BCUT2D eigenvalue weighted by atomic mass is 16.7. The fraction of sp³-hybridized carbons (Fsp3) is 1.00. The van der Waals surface area contributed by atoms with Gasteiger partial charge in [-0.1, -0.05) is 39.0 Å². The van der Waals surface area contributed by atoms with Gasteiger partial charge in [-0.15, -0.1) is 0 Å². The average molecular weight is 226 g/mol. The van der Waals surface area contributed by atoms with Crippen molar-refractivity contribution in [1.82, 2.24) is 0 Å². The third kappa shape index (κ3) is 3.49. The average Bonchev–Trinajstić information content (AvgIpc) is 2.35. The van der Waals surface area contributed by atoms with E-state index in [0.29, 0.717) is 0 Å². The minimum atomic E-state index is -0.166. The van der Waals surface area contributed by atoms with Crippen LogP contribution in [0.15, 0.2) is 0 Å². The second-order valence-electron chi connectivity index (χ2n) is 5.89. The Morgan fingerprint density at radius 2 is 1.31 bits per heavy atom. The first-order chi connectivity index (χ1) is 7.39. The molecule has 0 spiro atoms. The van der Waals surface area contributed by atoms with Crippen LogP contribution >= 0.6 is 0 Å². The Kier molecular flexibility index (Phi) is 4.87. The molecule has 0 saturated carbocycles. The van der Waals surface area contributed by atoms with Crippen molar-refractivity contribution < 1.29 is 9.31 Å². The molecule has 0 atom stereocenters. The molecule has 1 fully saturated rings. The van der Waals surface area contributed by atoms with Crippen LogP contribution in [0.5, 0.6) is 0 Å². The SMILES string of the molecule is CCCCCCCB1OC(C)(C)C(C)(C)O1. The first kappa shape index (κ1) is 14.0. The Hall–Kier alpha value is -0.0151. The molecule has 2 nitrogen and oxygen atoms in total. The molecule has 1 saturated heterocycles. The summed E-state index contributed by atoms with van der Waals surface area (Å²) in [5.74, 6) is 0. The van der Waals surface area contributed by atoms with E-state index in [4.69, 9.17) is 9.31 Å². The monoisotopic (exact) mass is 226 g/mol. The molecule has 1 heterocycles. The van der Waals surface area contributed by atoms with Gasteiger partial charge in [0.15, 0.2) is 0 Å². The Morgan fingerprint density at radius 1 is 0.812 bits per heavy atom. The van der Waals surface area contributed by atoms with Crippen LogP contribution in [0.2, 0.25) is 6.32 Å². The lowest BCUT2D eigenvalue weighted by molar-refractivity contribution is 0.00578. The van der Waals surface area contributed by atoms with Crippen LogP contribution in [0, 0.1) is 0 Å². The van der Waals surface area contributed by atoms with Crippen molar-refractivity contribution in [1.29, 1.82) is 0 Å². The van der Waals surface area contributed by atoms with E-state index in [0.717, 1.165) is 6.32 Å². The van der Waals surface area contributed by atoms with Crippen LogP contribution in [0.1, 0.15) is 66.7 Å². The summed E-state index contributed by atoms with van der Waals surface area (Å²) in [4.78, 5) is 0. The molecule has 0 bridgehead atoms. The van der Waals surface area contributed by atoms with Crippen molar-refractivity contribution >= 4 is 7.12 Å². The zero-order chi connectivity index (χ0) is 12.2. The Morgan fingerprint density at radius 3 is 1.81 bits per heavy atom. The van der Waals surface area contributed by atoms with Gasteiger partial charge in [-0.25, -0.2) is 0 Å². The van der Waals surface area contributed by atoms with E-state index in [1.165, 1.54) is 32.1 Å². The predicted octanol–water partition coefficient (Wildman–Crippen LogP) is 4.05. The van der Waals surface area contributed by atoms with Crippen molar-refractivity contribution in [3.05, 3.63) is 0 Å². The molecule has 0 unspecified atom stereocenters. The van der Waals surface area contributed by atoms with E-state index < -0.39 is 0 Å². The molecule has 94 valence electrons. The largest absolute Gasteiger partial charge is 0.457 e. The zero-order valence-corrected chi connectivity index (χ0v) is 11.6. The summed E-state index contributed by atoms with van der Waals surface area (Å²) in [7, 11) is 0.00614. The molecule has 0 amide bonds. The zero-order valence-electron chi connectivity index (χ0n) is 11.6. The van der Waals surface area contributed by atoms with Crippen molar-refractivity contribution in [2.75, 3.05) is 0 Å². The summed E-state index contributed by atoms with van der Waals surface area (Å²) in [6, 6.07) is 0. The normalized spacial score (nSPS) is 22.7.